The van der Waals surface area contributed by atoms with Crippen molar-refractivity contribution in [2.24, 2.45) is 5.41 Å². The zero-order valence-corrected chi connectivity index (χ0v) is 13.6. The molecule has 0 atom stereocenters. The maximum Gasteiger partial charge on any atom is 0.123 e. The molecule has 0 saturated heterocycles. The highest BCUT2D eigenvalue weighted by molar-refractivity contribution is 9.09. The molecule has 0 unspecified atom stereocenters. The van der Waals surface area contributed by atoms with E-state index in [2.05, 4.69) is 38.8 Å². The van der Waals surface area contributed by atoms with Crippen molar-refractivity contribution in [1.82, 2.24) is 0 Å². The number of aryl methyl sites for hydroxylation is 1. The molecule has 0 bridgehead atoms. The van der Waals surface area contributed by atoms with Gasteiger partial charge in [-0.3, -0.25) is 0 Å². The van der Waals surface area contributed by atoms with Gasteiger partial charge in [0.1, 0.15) is 5.82 Å². The van der Waals surface area contributed by atoms with Crippen LogP contribution in [0, 0.1) is 18.2 Å². The number of halogens is 3. The lowest BCUT2D eigenvalue weighted by molar-refractivity contribution is 0.350. The van der Waals surface area contributed by atoms with Gasteiger partial charge in [-0.25, -0.2) is 4.39 Å². The van der Waals surface area contributed by atoms with Gasteiger partial charge in [-0.15, -0.1) is 0 Å². The van der Waals surface area contributed by atoms with Crippen LogP contribution >= 0.6 is 31.9 Å². The lowest BCUT2D eigenvalue weighted by Crippen LogP contribution is -2.28. The van der Waals surface area contributed by atoms with Crippen LogP contribution in [0.1, 0.15) is 30.9 Å². The Balaban J connectivity index is 2.96. The fourth-order valence-electron chi connectivity index (χ4n) is 2.12. The van der Waals surface area contributed by atoms with E-state index in [0.29, 0.717) is 0 Å². The first-order chi connectivity index (χ1) is 8.06. The van der Waals surface area contributed by atoms with E-state index in [9.17, 15) is 4.39 Å². The van der Waals surface area contributed by atoms with Crippen LogP contribution in [0.15, 0.2) is 18.2 Å². The van der Waals surface area contributed by atoms with Gasteiger partial charge in [-0.05, 0) is 48.4 Å². The van der Waals surface area contributed by atoms with Crippen molar-refractivity contribution in [3.05, 3.63) is 35.1 Å². The van der Waals surface area contributed by atoms with Gasteiger partial charge in [0.15, 0.2) is 0 Å². The summed E-state index contributed by atoms with van der Waals surface area (Å²) in [4.78, 5) is 0. The molecule has 3 heteroatoms. The van der Waals surface area contributed by atoms with Crippen molar-refractivity contribution in [1.29, 1.82) is 0 Å². The van der Waals surface area contributed by atoms with Gasteiger partial charge in [0, 0.05) is 10.7 Å². The molecule has 17 heavy (non-hydrogen) atoms. The SMILES string of the molecule is CCCC(CBr)(CBr)Cc1cc(F)ccc1C. The number of rotatable bonds is 6. The van der Waals surface area contributed by atoms with Gasteiger partial charge in [-0.2, -0.15) is 0 Å². The molecule has 0 heterocycles. The Kier molecular flexibility index (Phi) is 6.14. The normalized spacial score (nSPS) is 11.8. The van der Waals surface area contributed by atoms with E-state index >= 15 is 0 Å². The third-order valence-corrected chi connectivity index (χ3v) is 5.60. The smallest absolute Gasteiger partial charge is 0.123 e. The van der Waals surface area contributed by atoms with Gasteiger partial charge in [0.05, 0.1) is 0 Å². The minimum Gasteiger partial charge on any atom is -0.207 e. The minimum atomic E-state index is -0.139. The second-order valence-electron chi connectivity index (χ2n) is 4.76. The molecule has 1 rings (SSSR count). The van der Waals surface area contributed by atoms with Gasteiger partial charge < -0.3 is 0 Å². The molecule has 0 nitrogen and oxygen atoms in total. The molecule has 1 aromatic carbocycles. The number of benzene rings is 1. The molecule has 0 aliphatic carbocycles. The van der Waals surface area contributed by atoms with Crippen LogP contribution in [0.3, 0.4) is 0 Å². The topological polar surface area (TPSA) is 0 Å². The molecule has 0 spiro atoms. The zero-order chi connectivity index (χ0) is 12.9. The minimum absolute atomic E-state index is 0.139. The Morgan fingerprint density at radius 1 is 1.24 bits per heavy atom. The zero-order valence-electron chi connectivity index (χ0n) is 10.4. The summed E-state index contributed by atoms with van der Waals surface area (Å²) in [5, 5.41) is 1.88. The molecule has 0 fully saturated rings. The van der Waals surface area contributed by atoms with Crippen LogP contribution in [0.2, 0.25) is 0 Å². The first-order valence-electron chi connectivity index (χ1n) is 5.94. The van der Waals surface area contributed by atoms with E-state index in [4.69, 9.17) is 0 Å². The molecule has 0 aliphatic heterocycles. The summed E-state index contributed by atoms with van der Waals surface area (Å²) in [5.74, 6) is -0.139. The van der Waals surface area contributed by atoms with E-state index in [1.807, 2.05) is 13.0 Å². The molecule has 0 aliphatic rings. The van der Waals surface area contributed by atoms with Crippen LogP contribution < -0.4 is 0 Å². The van der Waals surface area contributed by atoms with Crippen molar-refractivity contribution in [3.8, 4) is 0 Å². The quantitative estimate of drug-likeness (QED) is 0.603. The van der Waals surface area contributed by atoms with E-state index in [0.717, 1.165) is 35.5 Å². The first-order valence-corrected chi connectivity index (χ1v) is 8.18. The summed E-state index contributed by atoms with van der Waals surface area (Å²) < 4.78 is 13.3. The van der Waals surface area contributed by atoms with Crippen LogP contribution in [0.4, 0.5) is 4.39 Å². The molecule has 96 valence electrons. The molecule has 0 amide bonds. The summed E-state index contributed by atoms with van der Waals surface area (Å²) in [7, 11) is 0. The van der Waals surface area contributed by atoms with Crippen LogP contribution in [0.5, 0.6) is 0 Å². The predicted molar refractivity (Wildman–Crippen MR) is 79.8 cm³/mol. The van der Waals surface area contributed by atoms with Crippen molar-refractivity contribution in [2.75, 3.05) is 10.7 Å². The van der Waals surface area contributed by atoms with Gasteiger partial charge in [0.25, 0.3) is 0 Å². The lowest BCUT2D eigenvalue weighted by atomic mass is 9.80. The Morgan fingerprint density at radius 2 is 1.88 bits per heavy atom. The average molecular weight is 366 g/mol. The van der Waals surface area contributed by atoms with Crippen molar-refractivity contribution < 1.29 is 4.39 Å². The summed E-state index contributed by atoms with van der Waals surface area (Å²) in [6.45, 7) is 4.24. The summed E-state index contributed by atoms with van der Waals surface area (Å²) in [6.07, 6.45) is 3.20. The van der Waals surface area contributed by atoms with Gasteiger partial charge >= 0.3 is 0 Å². The van der Waals surface area contributed by atoms with Crippen molar-refractivity contribution in [2.45, 2.75) is 33.1 Å². The fraction of sp³-hybridized carbons (Fsp3) is 0.571. The Labute approximate surface area is 120 Å². The molecule has 0 N–H and O–H groups in total. The fourth-order valence-corrected chi connectivity index (χ4v) is 4.00. The maximum atomic E-state index is 13.3. The Bertz CT molecular complexity index is 359. The molecule has 0 saturated carbocycles. The largest absolute Gasteiger partial charge is 0.207 e. The highest BCUT2D eigenvalue weighted by atomic mass is 79.9. The standard InChI is InChI=1S/C14H19Br2F/c1-3-6-14(9-15,10-16)8-12-7-13(17)5-4-11(12)2/h4-5,7H,3,6,8-10H2,1-2H3. The monoisotopic (exact) mass is 364 g/mol. The molecule has 1 aromatic rings. The maximum absolute atomic E-state index is 13.3. The van der Waals surface area contributed by atoms with Crippen molar-refractivity contribution >= 4 is 31.9 Å². The number of alkyl halides is 2. The summed E-state index contributed by atoms with van der Waals surface area (Å²) in [6, 6.07) is 5.07. The van der Waals surface area contributed by atoms with E-state index in [1.54, 1.807) is 6.07 Å². The number of hydrogen-bond donors (Lipinski definition) is 0. The summed E-state index contributed by atoms with van der Waals surface area (Å²) in [5.41, 5.74) is 2.49. The second kappa shape index (κ2) is 6.89. The average Bonchev–Trinajstić information content (AvgIpc) is 2.33. The predicted octanol–water partition coefficient (Wildman–Crippen LogP) is 5.25. The lowest BCUT2D eigenvalue weighted by Gasteiger charge is -2.30. The third kappa shape index (κ3) is 4.06. The highest BCUT2D eigenvalue weighted by Gasteiger charge is 2.27. The van der Waals surface area contributed by atoms with Crippen molar-refractivity contribution in [3.63, 3.8) is 0 Å². The van der Waals surface area contributed by atoms with Crippen LogP contribution in [-0.2, 0) is 6.42 Å². The molecule has 0 radical (unpaired) electrons. The van der Waals surface area contributed by atoms with Gasteiger partial charge in [-0.1, -0.05) is 51.3 Å². The van der Waals surface area contributed by atoms with Gasteiger partial charge in [0.2, 0.25) is 0 Å². The van der Waals surface area contributed by atoms with E-state index in [1.165, 1.54) is 11.6 Å². The van der Waals surface area contributed by atoms with E-state index in [-0.39, 0.29) is 11.2 Å². The second-order valence-corrected chi connectivity index (χ2v) is 5.89. The Morgan fingerprint density at radius 3 is 2.41 bits per heavy atom. The molecular weight excluding hydrogens is 347 g/mol. The first kappa shape index (κ1) is 15.2. The Hall–Kier alpha value is 0.110. The number of hydrogen-bond acceptors (Lipinski definition) is 0. The van der Waals surface area contributed by atoms with E-state index < -0.39 is 0 Å². The van der Waals surface area contributed by atoms with Crippen LogP contribution in [-0.4, -0.2) is 10.7 Å². The summed E-state index contributed by atoms with van der Waals surface area (Å²) >= 11 is 7.22. The van der Waals surface area contributed by atoms with Crippen LogP contribution in [0.25, 0.3) is 0 Å². The highest BCUT2D eigenvalue weighted by Crippen LogP contribution is 2.34. The molecular formula is C14H19Br2F. The third-order valence-electron chi connectivity index (χ3n) is 3.22. The molecule has 0 aromatic heterocycles.